The summed E-state index contributed by atoms with van der Waals surface area (Å²) in [4.78, 5) is 25.7. The molecule has 0 heterocycles. The van der Waals surface area contributed by atoms with E-state index in [-0.39, 0.29) is 11.8 Å². The number of nitrogens with zero attached hydrogens (tertiary/aromatic N) is 1. The third kappa shape index (κ3) is 6.33. The molecule has 0 bridgehead atoms. The van der Waals surface area contributed by atoms with E-state index in [2.05, 4.69) is 5.32 Å². The summed E-state index contributed by atoms with van der Waals surface area (Å²) >= 11 is 0. The number of amides is 2. The highest BCUT2D eigenvalue weighted by molar-refractivity contribution is 5.78. The second-order valence-corrected chi connectivity index (χ2v) is 6.14. The number of carbonyl (C=O) groups is 2. The van der Waals surface area contributed by atoms with Gasteiger partial charge in [0.15, 0.2) is 11.5 Å². The Hall–Kier alpha value is -3.02. The van der Waals surface area contributed by atoms with Crippen LogP contribution in [-0.4, -0.2) is 44.0 Å². The normalized spacial score (nSPS) is 10.2. The molecule has 0 aliphatic rings. The Bertz CT molecular complexity index is 762. The van der Waals surface area contributed by atoms with E-state index in [9.17, 15) is 9.59 Å². The molecule has 0 aliphatic heterocycles. The van der Waals surface area contributed by atoms with E-state index >= 15 is 0 Å². The van der Waals surface area contributed by atoms with Gasteiger partial charge >= 0.3 is 0 Å². The summed E-state index contributed by atoms with van der Waals surface area (Å²) in [6, 6.07) is 15.1. The molecule has 0 saturated heterocycles. The van der Waals surface area contributed by atoms with Gasteiger partial charge in [-0.2, -0.15) is 0 Å². The lowest BCUT2D eigenvalue weighted by Gasteiger charge is -2.22. The number of carbonyl (C=O) groups excluding carboxylic acids is 2. The largest absolute Gasteiger partial charge is 0.493 e. The Morgan fingerprint density at radius 3 is 2.30 bits per heavy atom. The first kappa shape index (κ1) is 20.3. The maximum absolute atomic E-state index is 12.0. The second-order valence-electron chi connectivity index (χ2n) is 6.14. The third-order valence-corrected chi connectivity index (χ3v) is 4.18. The molecule has 2 aromatic rings. The van der Waals surface area contributed by atoms with E-state index in [0.717, 1.165) is 11.1 Å². The van der Waals surface area contributed by atoms with Crippen LogP contribution in [0.25, 0.3) is 0 Å². The van der Waals surface area contributed by atoms with Crippen molar-refractivity contribution in [2.45, 2.75) is 19.9 Å². The fourth-order valence-corrected chi connectivity index (χ4v) is 2.72. The molecule has 0 unspecified atom stereocenters. The van der Waals surface area contributed by atoms with Crippen molar-refractivity contribution in [3.8, 4) is 11.5 Å². The minimum absolute atomic E-state index is 0.0536. The average molecular weight is 370 g/mol. The van der Waals surface area contributed by atoms with Crippen LogP contribution >= 0.6 is 0 Å². The summed E-state index contributed by atoms with van der Waals surface area (Å²) in [5.41, 5.74) is 1.89. The number of rotatable bonds is 9. The molecule has 27 heavy (non-hydrogen) atoms. The molecule has 6 heteroatoms. The van der Waals surface area contributed by atoms with Gasteiger partial charge in [-0.05, 0) is 23.3 Å². The van der Waals surface area contributed by atoms with Gasteiger partial charge in [0.1, 0.15) is 0 Å². The first-order valence-electron chi connectivity index (χ1n) is 8.80. The van der Waals surface area contributed by atoms with E-state index in [1.54, 1.807) is 19.1 Å². The monoisotopic (exact) mass is 370 g/mol. The van der Waals surface area contributed by atoms with Crippen LogP contribution in [0.4, 0.5) is 0 Å². The number of ether oxygens (including phenoxy) is 2. The lowest BCUT2D eigenvalue weighted by Crippen LogP contribution is -2.37. The molecule has 0 aliphatic carbocycles. The summed E-state index contributed by atoms with van der Waals surface area (Å²) < 4.78 is 10.5. The fourth-order valence-electron chi connectivity index (χ4n) is 2.72. The lowest BCUT2D eigenvalue weighted by molar-refractivity contribution is -0.130. The lowest BCUT2D eigenvalue weighted by atomic mass is 10.1. The molecular weight excluding hydrogens is 344 g/mol. The van der Waals surface area contributed by atoms with Crippen LogP contribution in [0.1, 0.15) is 18.1 Å². The molecule has 2 aromatic carbocycles. The molecule has 0 fully saturated rings. The van der Waals surface area contributed by atoms with Crippen LogP contribution in [0.15, 0.2) is 48.5 Å². The summed E-state index contributed by atoms with van der Waals surface area (Å²) in [6.07, 6.45) is 0.330. The maximum atomic E-state index is 12.0. The van der Waals surface area contributed by atoms with Gasteiger partial charge in [0, 0.05) is 26.6 Å². The second kappa shape index (κ2) is 10.2. The zero-order valence-electron chi connectivity index (χ0n) is 16.0. The molecule has 0 atom stereocenters. The van der Waals surface area contributed by atoms with Gasteiger partial charge in [-0.15, -0.1) is 0 Å². The van der Waals surface area contributed by atoms with E-state index < -0.39 is 0 Å². The van der Waals surface area contributed by atoms with Crippen LogP contribution in [-0.2, 0) is 22.6 Å². The Morgan fingerprint density at radius 1 is 0.963 bits per heavy atom. The zero-order valence-corrected chi connectivity index (χ0v) is 16.0. The first-order valence-corrected chi connectivity index (χ1v) is 8.80. The van der Waals surface area contributed by atoms with E-state index in [4.69, 9.17) is 9.47 Å². The molecule has 144 valence electrons. The van der Waals surface area contributed by atoms with Gasteiger partial charge < -0.3 is 19.7 Å². The highest BCUT2D eigenvalue weighted by Gasteiger charge is 2.12. The zero-order chi connectivity index (χ0) is 19.6. The summed E-state index contributed by atoms with van der Waals surface area (Å²) in [5.74, 6) is 1.15. The van der Waals surface area contributed by atoms with Crippen molar-refractivity contribution in [2.24, 2.45) is 0 Å². The van der Waals surface area contributed by atoms with Crippen LogP contribution in [0.3, 0.4) is 0 Å². The molecule has 0 spiro atoms. The Balaban J connectivity index is 1.88. The van der Waals surface area contributed by atoms with E-state index in [1.807, 2.05) is 48.5 Å². The fraction of sp³-hybridized carbons (Fsp3) is 0.333. The molecule has 0 radical (unpaired) electrons. The smallest absolute Gasteiger partial charge is 0.224 e. The topological polar surface area (TPSA) is 67.9 Å². The quantitative estimate of drug-likeness (QED) is 0.736. The van der Waals surface area contributed by atoms with Gasteiger partial charge in [-0.3, -0.25) is 9.59 Å². The van der Waals surface area contributed by atoms with Gasteiger partial charge in [0.25, 0.3) is 0 Å². The molecule has 6 nitrogen and oxygen atoms in total. The van der Waals surface area contributed by atoms with Crippen LogP contribution in [0.2, 0.25) is 0 Å². The number of benzene rings is 2. The third-order valence-electron chi connectivity index (χ3n) is 4.18. The standard InChI is InChI=1S/C21H26N2O4/c1-16(24)23(15-18-9-10-19(26-2)20(13-18)27-3)12-11-22-21(25)14-17-7-5-4-6-8-17/h4-10,13H,11-12,14-15H2,1-3H3,(H,22,25). The SMILES string of the molecule is COc1ccc(CN(CCNC(=O)Cc2ccccc2)C(C)=O)cc1OC. The number of hydrogen-bond acceptors (Lipinski definition) is 4. The average Bonchev–Trinajstić information content (AvgIpc) is 2.67. The molecule has 0 aromatic heterocycles. The predicted octanol–water partition coefficient (Wildman–Crippen LogP) is 2.41. The Kier molecular flexibility index (Phi) is 7.67. The molecule has 1 N–H and O–H groups in total. The van der Waals surface area contributed by atoms with Crippen molar-refractivity contribution in [2.75, 3.05) is 27.3 Å². The van der Waals surface area contributed by atoms with E-state index in [0.29, 0.717) is 37.6 Å². The summed E-state index contributed by atoms with van der Waals surface area (Å²) in [6.45, 7) is 2.79. The van der Waals surface area contributed by atoms with Crippen LogP contribution < -0.4 is 14.8 Å². The Labute approximate surface area is 160 Å². The van der Waals surface area contributed by atoms with Crippen molar-refractivity contribution in [3.63, 3.8) is 0 Å². The first-order chi connectivity index (χ1) is 13.0. The minimum Gasteiger partial charge on any atom is -0.493 e. The maximum Gasteiger partial charge on any atom is 0.224 e. The van der Waals surface area contributed by atoms with E-state index in [1.165, 1.54) is 6.92 Å². The van der Waals surface area contributed by atoms with Crippen molar-refractivity contribution in [1.29, 1.82) is 0 Å². The molecule has 2 rings (SSSR count). The van der Waals surface area contributed by atoms with Crippen molar-refractivity contribution in [3.05, 3.63) is 59.7 Å². The van der Waals surface area contributed by atoms with Gasteiger partial charge in [0.05, 0.1) is 20.6 Å². The highest BCUT2D eigenvalue weighted by atomic mass is 16.5. The highest BCUT2D eigenvalue weighted by Crippen LogP contribution is 2.28. The number of hydrogen-bond donors (Lipinski definition) is 1. The van der Waals surface area contributed by atoms with Gasteiger partial charge in [-0.1, -0.05) is 36.4 Å². The Morgan fingerprint density at radius 2 is 1.67 bits per heavy atom. The minimum atomic E-state index is -0.0594. The number of methoxy groups -OCH3 is 2. The van der Waals surface area contributed by atoms with Gasteiger partial charge in [-0.25, -0.2) is 0 Å². The van der Waals surface area contributed by atoms with Crippen molar-refractivity contribution < 1.29 is 19.1 Å². The van der Waals surface area contributed by atoms with Gasteiger partial charge in [0.2, 0.25) is 11.8 Å². The number of nitrogens with one attached hydrogen (secondary N) is 1. The van der Waals surface area contributed by atoms with Crippen LogP contribution in [0, 0.1) is 0 Å². The molecule has 2 amide bonds. The van der Waals surface area contributed by atoms with Crippen molar-refractivity contribution >= 4 is 11.8 Å². The molecular formula is C21H26N2O4. The molecule has 0 saturated carbocycles. The predicted molar refractivity (Wildman–Crippen MR) is 104 cm³/mol. The summed E-state index contributed by atoms with van der Waals surface area (Å²) in [7, 11) is 3.16. The van der Waals surface area contributed by atoms with Crippen molar-refractivity contribution in [1.82, 2.24) is 10.2 Å². The summed E-state index contributed by atoms with van der Waals surface area (Å²) in [5, 5.41) is 2.87. The van der Waals surface area contributed by atoms with Crippen LogP contribution in [0.5, 0.6) is 11.5 Å².